The Bertz CT molecular complexity index is 738. The molecule has 2 aromatic rings. The summed E-state index contributed by atoms with van der Waals surface area (Å²) in [5.41, 5.74) is 4.08. The van der Waals surface area contributed by atoms with E-state index in [1.165, 1.54) is 5.56 Å². The maximum Gasteiger partial charge on any atom is 0.180 e. The summed E-state index contributed by atoms with van der Waals surface area (Å²) in [5.74, 6) is 1.08. The van der Waals surface area contributed by atoms with Crippen molar-refractivity contribution >= 4 is 23.5 Å². The van der Waals surface area contributed by atoms with Gasteiger partial charge in [0.05, 0.1) is 17.8 Å². The van der Waals surface area contributed by atoms with Crippen molar-refractivity contribution in [1.29, 1.82) is 0 Å². The Morgan fingerprint density at radius 1 is 1.22 bits per heavy atom. The number of aryl methyl sites for hydroxylation is 2. The number of aliphatic imine (C=N–C) groups is 1. The monoisotopic (exact) mass is 329 g/mol. The Morgan fingerprint density at radius 3 is 2.70 bits per heavy atom. The molecule has 4 heteroatoms. The summed E-state index contributed by atoms with van der Waals surface area (Å²) in [5, 5.41) is 0.480. The Hall–Kier alpha value is -2.26. The number of benzene rings is 2. The van der Waals surface area contributed by atoms with Gasteiger partial charge in [-0.1, -0.05) is 36.4 Å². The fourth-order valence-electron chi connectivity index (χ4n) is 2.10. The second kappa shape index (κ2) is 7.84. The largest absolute Gasteiger partial charge is 0.493 e. The van der Waals surface area contributed by atoms with Gasteiger partial charge in [-0.3, -0.25) is 4.99 Å². The van der Waals surface area contributed by atoms with E-state index in [9.17, 15) is 0 Å². The van der Waals surface area contributed by atoms with E-state index < -0.39 is 0 Å². The zero-order chi connectivity index (χ0) is 16.8. The standard InChI is InChI=1S/C19H20ClNO2/c1-5-8-23-19-16(20)10-15(11-18(19)22-4)12-21-17-9-13(2)6-7-14(17)3/h5-7,9-12H,1,8H2,2-4H3. The topological polar surface area (TPSA) is 30.8 Å². The quantitative estimate of drug-likeness (QED) is 0.533. The third-order valence-electron chi connectivity index (χ3n) is 3.31. The first-order chi connectivity index (χ1) is 11.0. The first-order valence-electron chi connectivity index (χ1n) is 7.27. The molecule has 23 heavy (non-hydrogen) atoms. The van der Waals surface area contributed by atoms with E-state index in [2.05, 4.69) is 23.7 Å². The number of rotatable bonds is 6. The molecule has 2 aromatic carbocycles. The number of ether oxygens (including phenoxy) is 2. The lowest BCUT2D eigenvalue weighted by Crippen LogP contribution is -1.98. The Balaban J connectivity index is 2.33. The van der Waals surface area contributed by atoms with E-state index in [1.807, 2.05) is 26.0 Å². The normalized spacial score (nSPS) is 10.8. The first kappa shape index (κ1) is 17.1. The molecule has 0 amide bonds. The molecule has 0 aliphatic rings. The molecule has 0 fully saturated rings. The molecule has 0 atom stereocenters. The van der Waals surface area contributed by atoms with E-state index in [4.69, 9.17) is 21.1 Å². The van der Waals surface area contributed by atoms with Crippen molar-refractivity contribution in [2.75, 3.05) is 13.7 Å². The molecule has 0 spiro atoms. The summed E-state index contributed by atoms with van der Waals surface area (Å²) in [6.45, 7) is 8.07. The molecule has 0 aliphatic heterocycles. The van der Waals surface area contributed by atoms with Gasteiger partial charge in [0, 0.05) is 6.21 Å². The maximum absolute atomic E-state index is 6.29. The van der Waals surface area contributed by atoms with Crippen molar-refractivity contribution in [3.8, 4) is 11.5 Å². The minimum atomic E-state index is 0.367. The lowest BCUT2D eigenvalue weighted by molar-refractivity contribution is 0.326. The predicted molar refractivity (Wildman–Crippen MR) is 96.9 cm³/mol. The first-order valence-corrected chi connectivity index (χ1v) is 7.65. The molecular weight excluding hydrogens is 310 g/mol. The van der Waals surface area contributed by atoms with Crippen LogP contribution in [0.25, 0.3) is 0 Å². The van der Waals surface area contributed by atoms with Crippen LogP contribution in [0.2, 0.25) is 5.02 Å². The van der Waals surface area contributed by atoms with Crippen LogP contribution < -0.4 is 9.47 Å². The molecular formula is C19H20ClNO2. The summed E-state index contributed by atoms with van der Waals surface area (Å²) in [7, 11) is 1.58. The number of hydrogen-bond acceptors (Lipinski definition) is 3. The molecule has 0 saturated carbocycles. The highest BCUT2D eigenvalue weighted by Gasteiger charge is 2.11. The van der Waals surface area contributed by atoms with Gasteiger partial charge in [0.15, 0.2) is 11.5 Å². The van der Waals surface area contributed by atoms with Crippen molar-refractivity contribution in [1.82, 2.24) is 0 Å². The Labute approximate surface area is 142 Å². The van der Waals surface area contributed by atoms with Crippen LogP contribution in [0.15, 0.2) is 48.0 Å². The highest BCUT2D eigenvalue weighted by molar-refractivity contribution is 6.32. The summed E-state index contributed by atoms with van der Waals surface area (Å²) in [6, 6.07) is 9.82. The minimum absolute atomic E-state index is 0.367. The van der Waals surface area contributed by atoms with Crippen LogP contribution in [0.1, 0.15) is 16.7 Å². The van der Waals surface area contributed by atoms with E-state index in [0.717, 1.165) is 16.8 Å². The van der Waals surface area contributed by atoms with Gasteiger partial charge in [0.2, 0.25) is 0 Å². The number of nitrogens with zero attached hydrogens (tertiary/aromatic N) is 1. The van der Waals surface area contributed by atoms with Gasteiger partial charge in [0.1, 0.15) is 6.61 Å². The SMILES string of the molecule is C=CCOc1c(Cl)cc(C=Nc2cc(C)ccc2C)cc1OC. The summed E-state index contributed by atoms with van der Waals surface area (Å²) in [4.78, 5) is 4.55. The molecule has 0 bridgehead atoms. The Morgan fingerprint density at radius 2 is 2.00 bits per heavy atom. The van der Waals surface area contributed by atoms with Crippen molar-refractivity contribution < 1.29 is 9.47 Å². The molecule has 0 unspecified atom stereocenters. The average molecular weight is 330 g/mol. The fraction of sp³-hybridized carbons (Fsp3) is 0.211. The molecule has 2 rings (SSSR count). The van der Waals surface area contributed by atoms with Crippen LogP contribution in [0, 0.1) is 13.8 Å². The maximum atomic E-state index is 6.29. The summed E-state index contributed by atoms with van der Waals surface area (Å²) >= 11 is 6.29. The lowest BCUT2D eigenvalue weighted by atomic mass is 10.1. The number of methoxy groups -OCH3 is 1. The zero-order valence-corrected chi connectivity index (χ0v) is 14.4. The van der Waals surface area contributed by atoms with Crippen LogP contribution in [0.5, 0.6) is 11.5 Å². The van der Waals surface area contributed by atoms with Gasteiger partial charge >= 0.3 is 0 Å². The number of hydrogen-bond donors (Lipinski definition) is 0. The second-order valence-corrected chi connectivity index (χ2v) is 5.59. The van der Waals surface area contributed by atoms with Crippen LogP contribution in [0.3, 0.4) is 0 Å². The third-order valence-corrected chi connectivity index (χ3v) is 3.60. The predicted octanol–water partition coefficient (Wildman–Crippen LogP) is 5.28. The summed E-state index contributed by atoms with van der Waals surface area (Å²) in [6.07, 6.45) is 3.43. The molecule has 0 radical (unpaired) electrons. The minimum Gasteiger partial charge on any atom is -0.493 e. The van der Waals surface area contributed by atoms with E-state index in [1.54, 1.807) is 25.5 Å². The van der Waals surface area contributed by atoms with E-state index >= 15 is 0 Å². The van der Waals surface area contributed by atoms with Crippen LogP contribution >= 0.6 is 11.6 Å². The van der Waals surface area contributed by atoms with Crippen molar-refractivity contribution in [2.45, 2.75) is 13.8 Å². The van der Waals surface area contributed by atoms with Crippen LogP contribution in [-0.2, 0) is 0 Å². The molecule has 0 aromatic heterocycles. The second-order valence-electron chi connectivity index (χ2n) is 5.18. The van der Waals surface area contributed by atoms with E-state index in [-0.39, 0.29) is 0 Å². The van der Waals surface area contributed by atoms with Gasteiger partial charge in [-0.15, -0.1) is 0 Å². The Kier molecular flexibility index (Phi) is 5.83. The molecule has 3 nitrogen and oxygen atoms in total. The molecule has 0 saturated heterocycles. The number of halogens is 1. The van der Waals surface area contributed by atoms with Crippen LogP contribution in [0.4, 0.5) is 5.69 Å². The van der Waals surface area contributed by atoms with Gasteiger partial charge < -0.3 is 9.47 Å². The lowest BCUT2D eigenvalue weighted by Gasteiger charge is -2.12. The smallest absolute Gasteiger partial charge is 0.180 e. The average Bonchev–Trinajstić information content (AvgIpc) is 2.54. The summed E-state index contributed by atoms with van der Waals surface area (Å²) < 4.78 is 10.9. The van der Waals surface area contributed by atoms with Crippen molar-refractivity contribution in [3.63, 3.8) is 0 Å². The van der Waals surface area contributed by atoms with Gasteiger partial charge in [-0.2, -0.15) is 0 Å². The van der Waals surface area contributed by atoms with Gasteiger partial charge in [-0.05, 0) is 48.7 Å². The van der Waals surface area contributed by atoms with E-state index in [0.29, 0.717) is 23.1 Å². The molecule has 120 valence electrons. The highest BCUT2D eigenvalue weighted by Crippen LogP contribution is 2.36. The molecule has 0 N–H and O–H groups in total. The van der Waals surface area contributed by atoms with Gasteiger partial charge in [0.25, 0.3) is 0 Å². The molecule has 0 aliphatic carbocycles. The van der Waals surface area contributed by atoms with Crippen molar-refractivity contribution in [2.24, 2.45) is 4.99 Å². The van der Waals surface area contributed by atoms with Crippen molar-refractivity contribution in [3.05, 3.63) is 64.7 Å². The molecule has 0 heterocycles. The third kappa shape index (κ3) is 4.36. The fourth-order valence-corrected chi connectivity index (χ4v) is 2.37. The highest BCUT2D eigenvalue weighted by atomic mass is 35.5. The van der Waals surface area contributed by atoms with Crippen LogP contribution in [-0.4, -0.2) is 19.9 Å². The van der Waals surface area contributed by atoms with Gasteiger partial charge in [-0.25, -0.2) is 0 Å². The zero-order valence-electron chi connectivity index (χ0n) is 13.6.